The Labute approximate surface area is 44.2 Å². The van der Waals surface area contributed by atoms with Gasteiger partial charge >= 0.3 is 0 Å². The Hall–Kier alpha value is -0.770. The molecule has 0 aliphatic rings. The van der Waals surface area contributed by atoms with Gasteiger partial charge in [-0.15, -0.1) is 5.92 Å². The molecule has 1 atom stereocenters. The quantitative estimate of drug-likeness (QED) is 0.375. The van der Waals surface area contributed by atoms with Crippen LogP contribution >= 0.6 is 0 Å². The molecule has 0 aromatic rings. The van der Waals surface area contributed by atoms with E-state index >= 15 is 0 Å². The third kappa shape index (κ3) is 3.05. The van der Waals surface area contributed by atoms with Gasteiger partial charge in [-0.05, 0) is 13.8 Å². The van der Waals surface area contributed by atoms with Gasteiger partial charge in [-0.3, -0.25) is 0 Å². The summed E-state index contributed by atoms with van der Waals surface area (Å²) >= 11 is 0. The molecule has 38 valence electrons. The van der Waals surface area contributed by atoms with Gasteiger partial charge < -0.3 is 5.41 Å². The van der Waals surface area contributed by atoms with Crippen LogP contribution in [-0.4, -0.2) is 6.21 Å². The summed E-state index contributed by atoms with van der Waals surface area (Å²) in [6.07, 6.45) is 1.33. The number of hydrogen-bond acceptors (Lipinski definition) is 1. The molecule has 0 aliphatic carbocycles. The first kappa shape index (κ1) is 6.23. The Morgan fingerprint density at radius 3 is 2.43 bits per heavy atom. The lowest BCUT2D eigenvalue weighted by Crippen LogP contribution is -1.86. The maximum Gasteiger partial charge on any atom is 0.0520 e. The van der Waals surface area contributed by atoms with Gasteiger partial charge in [0, 0.05) is 6.21 Å². The summed E-state index contributed by atoms with van der Waals surface area (Å²) in [5, 5.41) is 6.68. The highest BCUT2D eigenvalue weighted by Gasteiger charge is 1.82. The summed E-state index contributed by atoms with van der Waals surface area (Å²) in [6.45, 7) is 3.67. The Morgan fingerprint density at radius 1 is 1.71 bits per heavy atom. The molecule has 0 heterocycles. The molecule has 7 heavy (non-hydrogen) atoms. The van der Waals surface area contributed by atoms with Crippen LogP contribution in [0.5, 0.6) is 0 Å². The van der Waals surface area contributed by atoms with Gasteiger partial charge in [0.05, 0.1) is 5.92 Å². The lowest BCUT2D eigenvalue weighted by Gasteiger charge is -1.84. The van der Waals surface area contributed by atoms with Gasteiger partial charge in [0.2, 0.25) is 0 Å². The summed E-state index contributed by atoms with van der Waals surface area (Å²) in [5.74, 6) is 5.65. The van der Waals surface area contributed by atoms with Crippen molar-refractivity contribution in [1.82, 2.24) is 0 Å². The van der Waals surface area contributed by atoms with Crippen LogP contribution in [0.25, 0.3) is 0 Å². The second-order valence-electron chi connectivity index (χ2n) is 1.35. The normalized spacial score (nSPS) is 11.1. The van der Waals surface area contributed by atoms with Crippen molar-refractivity contribution >= 4 is 6.21 Å². The van der Waals surface area contributed by atoms with Crippen molar-refractivity contribution in [2.75, 3.05) is 0 Å². The van der Waals surface area contributed by atoms with E-state index in [1.807, 2.05) is 6.92 Å². The molecule has 0 spiro atoms. The molecule has 1 heteroatoms. The molecule has 0 saturated heterocycles. The van der Waals surface area contributed by atoms with E-state index in [1.54, 1.807) is 6.92 Å². The molecule has 1 nitrogen and oxygen atoms in total. The maximum atomic E-state index is 6.68. The summed E-state index contributed by atoms with van der Waals surface area (Å²) in [7, 11) is 0. The Bertz CT molecular complexity index is 105. The van der Waals surface area contributed by atoms with Crippen molar-refractivity contribution in [1.29, 1.82) is 5.41 Å². The fraction of sp³-hybridized carbons (Fsp3) is 0.500. The molecule has 0 saturated carbocycles. The molecule has 1 N–H and O–H groups in total. The minimum absolute atomic E-state index is 0.130. The van der Waals surface area contributed by atoms with Gasteiger partial charge in [0.1, 0.15) is 0 Å². The molecular formula is C6H9N. The summed E-state index contributed by atoms with van der Waals surface area (Å²) < 4.78 is 0. The Balaban J connectivity index is 3.49. The number of nitrogens with one attached hydrogen (secondary N) is 1. The largest absolute Gasteiger partial charge is 0.312 e. The Morgan fingerprint density at radius 2 is 2.29 bits per heavy atom. The zero-order chi connectivity index (χ0) is 5.70. The van der Waals surface area contributed by atoms with E-state index < -0.39 is 0 Å². The number of rotatable bonds is 1. The molecule has 0 amide bonds. The zero-order valence-corrected chi connectivity index (χ0v) is 4.65. The lowest BCUT2D eigenvalue weighted by molar-refractivity contribution is 1.06. The monoisotopic (exact) mass is 95.1 g/mol. The fourth-order valence-electron chi connectivity index (χ4n) is 0.269. The van der Waals surface area contributed by atoms with Crippen molar-refractivity contribution in [3.8, 4) is 11.8 Å². The van der Waals surface area contributed by atoms with Crippen LogP contribution in [0.3, 0.4) is 0 Å². The summed E-state index contributed by atoms with van der Waals surface area (Å²) in [5.41, 5.74) is 0. The van der Waals surface area contributed by atoms with E-state index in [9.17, 15) is 0 Å². The second-order valence-corrected chi connectivity index (χ2v) is 1.35. The highest BCUT2D eigenvalue weighted by Crippen LogP contribution is 1.81. The molecule has 0 fully saturated rings. The van der Waals surface area contributed by atoms with Crippen LogP contribution in [0.15, 0.2) is 0 Å². The van der Waals surface area contributed by atoms with E-state index in [0.717, 1.165) is 0 Å². The average Bonchev–Trinajstić information content (AvgIpc) is 1.68. The third-order valence-electron chi connectivity index (χ3n) is 0.622. The minimum atomic E-state index is 0.130. The van der Waals surface area contributed by atoms with Crippen molar-refractivity contribution in [3.05, 3.63) is 0 Å². The van der Waals surface area contributed by atoms with Gasteiger partial charge in [-0.2, -0.15) is 0 Å². The van der Waals surface area contributed by atoms with Crippen LogP contribution in [0.1, 0.15) is 13.8 Å². The summed E-state index contributed by atoms with van der Waals surface area (Å²) in [6, 6.07) is 0. The van der Waals surface area contributed by atoms with E-state index in [1.165, 1.54) is 6.21 Å². The molecular weight excluding hydrogens is 86.1 g/mol. The van der Waals surface area contributed by atoms with Crippen molar-refractivity contribution in [2.24, 2.45) is 5.92 Å². The molecule has 0 aromatic heterocycles. The van der Waals surface area contributed by atoms with E-state index in [-0.39, 0.29) is 5.92 Å². The SMILES string of the molecule is CC#CC(C)C=N. The maximum absolute atomic E-state index is 6.68. The van der Waals surface area contributed by atoms with Crippen molar-refractivity contribution in [2.45, 2.75) is 13.8 Å². The average molecular weight is 95.1 g/mol. The molecule has 0 aromatic carbocycles. The number of hydrogen-bond donors (Lipinski definition) is 1. The standard InChI is InChI=1S/C6H9N/c1-3-4-6(2)5-7/h5-7H,1-2H3. The van der Waals surface area contributed by atoms with Crippen LogP contribution in [0, 0.1) is 23.2 Å². The zero-order valence-electron chi connectivity index (χ0n) is 4.65. The third-order valence-corrected chi connectivity index (χ3v) is 0.622. The first-order valence-electron chi connectivity index (χ1n) is 2.24. The smallest absolute Gasteiger partial charge is 0.0520 e. The van der Waals surface area contributed by atoms with Gasteiger partial charge in [0.15, 0.2) is 0 Å². The van der Waals surface area contributed by atoms with E-state index in [0.29, 0.717) is 0 Å². The summed E-state index contributed by atoms with van der Waals surface area (Å²) in [4.78, 5) is 0. The van der Waals surface area contributed by atoms with Crippen LogP contribution in [0.4, 0.5) is 0 Å². The predicted molar refractivity (Wildman–Crippen MR) is 31.4 cm³/mol. The molecule has 1 unspecified atom stereocenters. The fourth-order valence-corrected chi connectivity index (χ4v) is 0.269. The van der Waals surface area contributed by atoms with Gasteiger partial charge in [0.25, 0.3) is 0 Å². The second kappa shape index (κ2) is 3.42. The topological polar surface area (TPSA) is 23.9 Å². The molecule has 0 radical (unpaired) electrons. The van der Waals surface area contributed by atoms with E-state index in [4.69, 9.17) is 5.41 Å². The Kier molecular flexibility index (Phi) is 3.04. The first-order chi connectivity index (χ1) is 3.31. The van der Waals surface area contributed by atoms with Crippen LogP contribution in [-0.2, 0) is 0 Å². The lowest BCUT2D eigenvalue weighted by atomic mass is 10.2. The first-order valence-corrected chi connectivity index (χ1v) is 2.24. The molecule has 0 rings (SSSR count). The van der Waals surface area contributed by atoms with Gasteiger partial charge in [-0.1, -0.05) is 5.92 Å². The predicted octanol–water partition coefficient (Wildman–Crippen LogP) is 1.30. The van der Waals surface area contributed by atoms with E-state index in [2.05, 4.69) is 11.8 Å². The van der Waals surface area contributed by atoms with Crippen LogP contribution in [0.2, 0.25) is 0 Å². The van der Waals surface area contributed by atoms with Gasteiger partial charge in [-0.25, -0.2) is 0 Å². The highest BCUT2D eigenvalue weighted by molar-refractivity contribution is 5.60. The highest BCUT2D eigenvalue weighted by atomic mass is 14.3. The molecule has 0 aliphatic heterocycles. The van der Waals surface area contributed by atoms with Crippen molar-refractivity contribution in [3.63, 3.8) is 0 Å². The molecule has 0 bridgehead atoms. The minimum Gasteiger partial charge on any atom is -0.312 e. The van der Waals surface area contributed by atoms with Crippen LogP contribution < -0.4 is 0 Å². The van der Waals surface area contributed by atoms with Crippen molar-refractivity contribution < 1.29 is 0 Å².